The molecule has 122 valence electrons. The van der Waals surface area contributed by atoms with Crippen LogP contribution < -0.4 is 0 Å². The zero-order valence-corrected chi connectivity index (χ0v) is 14.0. The molecule has 4 aromatic rings. The van der Waals surface area contributed by atoms with Crippen molar-refractivity contribution < 1.29 is 4.79 Å². The Bertz CT molecular complexity index is 1060. The molecule has 2 aromatic carbocycles. The highest BCUT2D eigenvalue weighted by molar-refractivity contribution is 5.81. The summed E-state index contributed by atoms with van der Waals surface area (Å²) in [6.07, 6.45) is 4.70. The van der Waals surface area contributed by atoms with Crippen molar-refractivity contribution in [1.82, 2.24) is 9.97 Å². The van der Waals surface area contributed by atoms with Crippen molar-refractivity contribution in [3.8, 4) is 0 Å². The minimum absolute atomic E-state index is 0.0255. The fraction of sp³-hybridized carbons (Fsp3) is 0.136. The van der Waals surface area contributed by atoms with Gasteiger partial charge in [-0.25, -0.2) is 0 Å². The Labute approximate surface area is 146 Å². The van der Waals surface area contributed by atoms with Gasteiger partial charge >= 0.3 is 0 Å². The molecule has 2 unspecified atom stereocenters. The number of para-hydroxylation sites is 2. The molecule has 2 heterocycles. The van der Waals surface area contributed by atoms with Gasteiger partial charge in [-0.2, -0.15) is 0 Å². The second kappa shape index (κ2) is 6.44. The number of hydrogen-bond acceptors (Lipinski definition) is 3. The van der Waals surface area contributed by atoms with E-state index in [4.69, 9.17) is 0 Å². The summed E-state index contributed by atoms with van der Waals surface area (Å²) >= 11 is 0. The number of fused-ring (bicyclic) bond motifs is 2. The topological polar surface area (TPSA) is 42.9 Å². The van der Waals surface area contributed by atoms with Crippen LogP contribution in [0.15, 0.2) is 73.1 Å². The lowest BCUT2D eigenvalue weighted by atomic mass is 9.84. The van der Waals surface area contributed by atoms with Crippen LogP contribution >= 0.6 is 0 Å². The molecule has 2 atom stereocenters. The summed E-state index contributed by atoms with van der Waals surface area (Å²) < 4.78 is 0. The lowest BCUT2D eigenvalue weighted by Gasteiger charge is -2.20. The van der Waals surface area contributed by atoms with Gasteiger partial charge in [-0.1, -0.05) is 43.3 Å². The van der Waals surface area contributed by atoms with Gasteiger partial charge in [0.15, 0.2) is 0 Å². The minimum Gasteiger partial charge on any atom is -0.303 e. The van der Waals surface area contributed by atoms with Crippen molar-refractivity contribution in [2.75, 3.05) is 0 Å². The quantitative estimate of drug-likeness (QED) is 0.503. The van der Waals surface area contributed by atoms with Crippen molar-refractivity contribution >= 4 is 28.1 Å². The van der Waals surface area contributed by atoms with Crippen LogP contribution in [0.4, 0.5) is 0 Å². The maximum Gasteiger partial charge on any atom is 0.128 e. The molecule has 0 saturated heterocycles. The Morgan fingerprint density at radius 1 is 0.800 bits per heavy atom. The van der Waals surface area contributed by atoms with Crippen LogP contribution in [0.3, 0.4) is 0 Å². The average molecular weight is 326 g/mol. The van der Waals surface area contributed by atoms with Crippen molar-refractivity contribution in [3.05, 3.63) is 84.2 Å². The predicted octanol–water partition coefficient (Wildman–Crippen LogP) is 4.87. The van der Waals surface area contributed by atoms with E-state index < -0.39 is 0 Å². The molecule has 0 saturated carbocycles. The van der Waals surface area contributed by atoms with Crippen LogP contribution in [0.5, 0.6) is 0 Å². The van der Waals surface area contributed by atoms with Crippen molar-refractivity contribution in [2.45, 2.75) is 18.8 Å². The molecule has 0 fully saturated rings. The summed E-state index contributed by atoms with van der Waals surface area (Å²) in [5.74, 6) is -0.224. The van der Waals surface area contributed by atoms with Gasteiger partial charge in [0.1, 0.15) is 6.29 Å². The molecule has 3 heteroatoms. The first-order valence-electron chi connectivity index (χ1n) is 8.41. The molecule has 0 aliphatic carbocycles. The van der Waals surface area contributed by atoms with Crippen LogP contribution in [0, 0.1) is 0 Å². The summed E-state index contributed by atoms with van der Waals surface area (Å²) in [6.45, 7) is 2.07. The smallest absolute Gasteiger partial charge is 0.128 e. The highest BCUT2D eigenvalue weighted by Crippen LogP contribution is 2.32. The summed E-state index contributed by atoms with van der Waals surface area (Å²) in [5.41, 5.74) is 3.91. The first-order valence-corrected chi connectivity index (χ1v) is 8.41. The maximum absolute atomic E-state index is 11.9. The first-order chi connectivity index (χ1) is 12.3. The highest BCUT2D eigenvalue weighted by Gasteiger charge is 2.21. The molecule has 25 heavy (non-hydrogen) atoms. The highest BCUT2D eigenvalue weighted by atomic mass is 16.1. The Hall–Kier alpha value is -3.07. The zero-order valence-electron chi connectivity index (χ0n) is 14.0. The van der Waals surface area contributed by atoms with Gasteiger partial charge in [0.05, 0.1) is 11.0 Å². The van der Waals surface area contributed by atoms with E-state index in [2.05, 4.69) is 29.0 Å². The van der Waals surface area contributed by atoms with E-state index in [1.54, 1.807) is 0 Å². The molecule has 0 radical (unpaired) electrons. The maximum atomic E-state index is 11.9. The lowest BCUT2D eigenvalue weighted by Crippen LogP contribution is -2.10. The zero-order chi connectivity index (χ0) is 17.2. The van der Waals surface area contributed by atoms with E-state index in [-0.39, 0.29) is 11.8 Å². The van der Waals surface area contributed by atoms with E-state index in [0.29, 0.717) is 0 Å². The van der Waals surface area contributed by atoms with E-state index >= 15 is 0 Å². The van der Waals surface area contributed by atoms with Crippen LogP contribution in [-0.4, -0.2) is 16.3 Å². The van der Waals surface area contributed by atoms with E-state index in [1.807, 2.05) is 60.9 Å². The molecular weight excluding hydrogens is 308 g/mol. The summed E-state index contributed by atoms with van der Waals surface area (Å²) in [4.78, 5) is 20.9. The molecule has 0 amide bonds. The number of hydrogen-bond donors (Lipinski definition) is 0. The second-order valence-corrected chi connectivity index (χ2v) is 6.37. The third-order valence-electron chi connectivity index (χ3n) is 4.82. The molecule has 0 aliphatic heterocycles. The van der Waals surface area contributed by atoms with E-state index in [9.17, 15) is 4.79 Å². The average Bonchev–Trinajstić information content (AvgIpc) is 2.68. The van der Waals surface area contributed by atoms with Gasteiger partial charge < -0.3 is 4.79 Å². The van der Waals surface area contributed by atoms with Crippen LogP contribution in [0.2, 0.25) is 0 Å². The molecule has 0 aliphatic rings. The Morgan fingerprint density at radius 2 is 1.32 bits per heavy atom. The van der Waals surface area contributed by atoms with Gasteiger partial charge in [0.2, 0.25) is 0 Å². The van der Waals surface area contributed by atoms with Gasteiger partial charge in [-0.15, -0.1) is 0 Å². The van der Waals surface area contributed by atoms with Crippen molar-refractivity contribution in [3.63, 3.8) is 0 Å². The number of aldehydes is 1. The van der Waals surface area contributed by atoms with Gasteiger partial charge in [0, 0.05) is 29.1 Å². The summed E-state index contributed by atoms with van der Waals surface area (Å²) in [7, 11) is 0. The fourth-order valence-electron chi connectivity index (χ4n) is 3.30. The number of aromatic nitrogens is 2. The molecule has 3 nitrogen and oxygen atoms in total. The fourth-order valence-corrected chi connectivity index (χ4v) is 3.30. The molecule has 2 aromatic heterocycles. The third-order valence-corrected chi connectivity index (χ3v) is 4.82. The largest absolute Gasteiger partial charge is 0.303 e. The summed E-state index contributed by atoms with van der Waals surface area (Å²) in [5, 5.41) is 2.14. The number of benzene rings is 2. The Kier molecular flexibility index (Phi) is 3.98. The standard InChI is InChI=1S/C22H18N2O/c1-15(18-10-16-6-2-4-8-21(16)23-12-18)20(14-25)19-11-17-7-3-5-9-22(17)24-13-19/h2-15,20H,1H3. The number of rotatable bonds is 4. The van der Waals surface area contributed by atoms with Gasteiger partial charge in [0.25, 0.3) is 0 Å². The van der Waals surface area contributed by atoms with Crippen molar-refractivity contribution in [2.24, 2.45) is 0 Å². The SMILES string of the molecule is CC(c1cnc2ccccc2c1)C(C=O)c1cnc2ccccc2c1. The van der Waals surface area contributed by atoms with Crippen LogP contribution in [-0.2, 0) is 4.79 Å². The number of carbonyl (C=O) groups is 1. The normalized spacial score (nSPS) is 13.6. The van der Waals surface area contributed by atoms with E-state index in [1.165, 1.54) is 0 Å². The van der Waals surface area contributed by atoms with Gasteiger partial charge in [-0.05, 0) is 41.3 Å². The lowest BCUT2D eigenvalue weighted by molar-refractivity contribution is -0.109. The molecule has 0 bridgehead atoms. The van der Waals surface area contributed by atoms with E-state index in [0.717, 1.165) is 39.2 Å². The van der Waals surface area contributed by atoms with Crippen molar-refractivity contribution in [1.29, 1.82) is 0 Å². The monoisotopic (exact) mass is 326 g/mol. The molecule has 0 spiro atoms. The van der Waals surface area contributed by atoms with Gasteiger partial charge in [-0.3, -0.25) is 9.97 Å². The Morgan fingerprint density at radius 3 is 1.92 bits per heavy atom. The molecular formula is C22H18N2O. The summed E-state index contributed by atoms with van der Waals surface area (Å²) in [6, 6.07) is 20.2. The van der Waals surface area contributed by atoms with Crippen LogP contribution in [0.1, 0.15) is 29.9 Å². The first kappa shape index (κ1) is 15.5. The number of nitrogens with zero attached hydrogens (tertiary/aromatic N) is 2. The second-order valence-electron chi connectivity index (χ2n) is 6.37. The number of carbonyl (C=O) groups excluding carboxylic acids is 1. The molecule has 0 N–H and O–H groups in total. The third kappa shape index (κ3) is 2.89. The molecule has 4 rings (SSSR count). The van der Waals surface area contributed by atoms with Crippen LogP contribution in [0.25, 0.3) is 21.8 Å². The number of pyridine rings is 2. The predicted molar refractivity (Wildman–Crippen MR) is 101 cm³/mol. The minimum atomic E-state index is -0.250. The Balaban J connectivity index is 1.73.